The highest BCUT2D eigenvalue weighted by Gasteiger charge is 2.44. The third-order valence-electron chi connectivity index (χ3n) is 6.00. The predicted octanol–water partition coefficient (Wildman–Crippen LogP) is 1.30. The minimum atomic E-state index is -0.991. The minimum Gasteiger partial charge on any atom is -0.460 e. The first kappa shape index (κ1) is 32.1. The van der Waals surface area contributed by atoms with Gasteiger partial charge >= 0.3 is 5.97 Å². The van der Waals surface area contributed by atoms with Crippen LogP contribution in [0.2, 0.25) is 0 Å². The summed E-state index contributed by atoms with van der Waals surface area (Å²) in [5.74, 6) is -2.43. The van der Waals surface area contributed by atoms with E-state index in [1.54, 1.807) is 18.2 Å². The summed E-state index contributed by atoms with van der Waals surface area (Å²) in [6.45, 7) is 9.02. The first-order chi connectivity index (χ1) is 19.6. The number of piperidine rings is 1. The van der Waals surface area contributed by atoms with Crippen molar-refractivity contribution < 1.29 is 47.7 Å². The molecule has 0 aliphatic carbocycles. The Hall–Kier alpha value is -3.39. The largest absolute Gasteiger partial charge is 0.460 e. The van der Waals surface area contributed by atoms with Crippen LogP contribution < -0.4 is 10.6 Å². The molecule has 0 bridgehead atoms. The molecule has 41 heavy (non-hydrogen) atoms. The number of amides is 4. The fourth-order valence-electron chi connectivity index (χ4n) is 4.16. The van der Waals surface area contributed by atoms with Gasteiger partial charge in [-0.2, -0.15) is 0 Å². The SMILES string of the molecule is CC(C)(C)OC(=O)CCOCCOCCOCCOCCNc1ccc2c(c1)C(=O)N(C1CCC(=O)NC1=O)C2=O. The maximum atomic E-state index is 12.9. The topological polar surface area (TPSA) is 159 Å². The maximum Gasteiger partial charge on any atom is 0.308 e. The number of carbonyl (C=O) groups excluding carboxylic acids is 5. The summed E-state index contributed by atoms with van der Waals surface area (Å²) >= 11 is 0. The number of rotatable bonds is 17. The third kappa shape index (κ3) is 10.2. The molecule has 0 aromatic heterocycles. The normalized spacial score (nSPS) is 17.0. The molecule has 3 rings (SSSR count). The number of esters is 1. The fraction of sp³-hybridized carbons (Fsp3) is 0.607. The molecule has 0 spiro atoms. The highest BCUT2D eigenvalue weighted by molar-refractivity contribution is 6.23. The van der Waals surface area contributed by atoms with Gasteiger partial charge in [0.2, 0.25) is 11.8 Å². The van der Waals surface area contributed by atoms with Crippen LogP contribution in [0.1, 0.15) is 60.7 Å². The van der Waals surface area contributed by atoms with Crippen LogP contribution in [0.25, 0.3) is 0 Å². The van der Waals surface area contributed by atoms with Crippen LogP contribution in [0.4, 0.5) is 5.69 Å². The van der Waals surface area contributed by atoms with Gasteiger partial charge in [-0.25, -0.2) is 0 Å². The summed E-state index contributed by atoms with van der Waals surface area (Å²) in [6, 6.07) is 3.83. The molecule has 2 aliphatic heterocycles. The van der Waals surface area contributed by atoms with E-state index in [2.05, 4.69) is 10.6 Å². The van der Waals surface area contributed by atoms with Gasteiger partial charge in [0.1, 0.15) is 11.6 Å². The molecule has 1 unspecified atom stereocenters. The van der Waals surface area contributed by atoms with Crippen molar-refractivity contribution in [3.05, 3.63) is 29.3 Å². The number of fused-ring (bicyclic) bond motifs is 1. The molecule has 1 fully saturated rings. The van der Waals surface area contributed by atoms with Crippen molar-refractivity contribution >= 4 is 35.3 Å². The number of ether oxygens (including phenoxy) is 5. The van der Waals surface area contributed by atoms with Gasteiger partial charge in [-0.1, -0.05) is 0 Å². The monoisotopic (exact) mass is 577 g/mol. The van der Waals surface area contributed by atoms with Gasteiger partial charge < -0.3 is 29.0 Å². The molecule has 1 atom stereocenters. The molecule has 4 amide bonds. The van der Waals surface area contributed by atoms with Crippen molar-refractivity contribution in [1.29, 1.82) is 0 Å². The van der Waals surface area contributed by atoms with E-state index in [1.165, 1.54) is 0 Å². The number of benzene rings is 1. The van der Waals surface area contributed by atoms with Crippen molar-refractivity contribution in [2.75, 3.05) is 64.7 Å². The maximum absolute atomic E-state index is 12.9. The first-order valence-electron chi connectivity index (χ1n) is 13.7. The fourth-order valence-corrected chi connectivity index (χ4v) is 4.16. The second kappa shape index (κ2) is 15.6. The van der Waals surface area contributed by atoms with Crippen LogP contribution >= 0.6 is 0 Å². The molecule has 13 heteroatoms. The Morgan fingerprint density at radius 1 is 0.878 bits per heavy atom. The second-order valence-electron chi connectivity index (χ2n) is 10.4. The van der Waals surface area contributed by atoms with Gasteiger partial charge in [0.05, 0.1) is 70.4 Å². The van der Waals surface area contributed by atoms with Gasteiger partial charge in [0, 0.05) is 18.7 Å². The van der Waals surface area contributed by atoms with E-state index in [0.29, 0.717) is 58.5 Å². The first-order valence-corrected chi connectivity index (χ1v) is 13.7. The molecule has 2 heterocycles. The van der Waals surface area contributed by atoms with E-state index in [-0.39, 0.29) is 43.0 Å². The zero-order chi connectivity index (χ0) is 29.8. The lowest BCUT2D eigenvalue weighted by Crippen LogP contribution is -2.54. The third-order valence-corrected chi connectivity index (χ3v) is 6.00. The van der Waals surface area contributed by atoms with Crippen molar-refractivity contribution in [3.63, 3.8) is 0 Å². The van der Waals surface area contributed by atoms with Crippen LogP contribution in [0, 0.1) is 0 Å². The van der Waals surface area contributed by atoms with Crippen LogP contribution in [-0.2, 0) is 38.1 Å². The summed E-state index contributed by atoms with van der Waals surface area (Å²) in [6.07, 6.45) is 0.392. The predicted molar refractivity (Wildman–Crippen MR) is 145 cm³/mol. The summed E-state index contributed by atoms with van der Waals surface area (Å²) in [5, 5.41) is 5.33. The standard InChI is InChI=1S/C28H39N3O10/c1-28(2,3)41-24(33)8-10-37-12-14-39-16-17-40-15-13-38-11-9-29-19-4-5-20-21(18-19)27(36)31(26(20)35)22-6-7-23(32)30-25(22)34/h4-5,18,22,29H,6-17H2,1-3H3,(H,30,32,34). The average Bonchev–Trinajstić information content (AvgIpc) is 3.14. The average molecular weight is 578 g/mol. The summed E-state index contributed by atoms with van der Waals surface area (Å²) in [7, 11) is 0. The molecule has 0 radical (unpaired) electrons. The molecular formula is C28H39N3O10. The van der Waals surface area contributed by atoms with Gasteiger partial charge in [0.15, 0.2) is 0 Å². The Kier molecular flexibility index (Phi) is 12.2. The Morgan fingerprint density at radius 3 is 2.07 bits per heavy atom. The molecule has 2 aliphatic rings. The molecule has 1 aromatic rings. The number of hydrogen-bond donors (Lipinski definition) is 2. The Balaban J connectivity index is 1.20. The molecular weight excluding hydrogens is 538 g/mol. The van der Waals surface area contributed by atoms with E-state index in [4.69, 9.17) is 23.7 Å². The van der Waals surface area contributed by atoms with Gasteiger partial charge in [-0.15, -0.1) is 0 Å². The minimum absolute atomic E-state index is 0.0742. The van der Waals surface area contributed by atoms with Crippen LogP contribution in [-0.4, -0.2) is 106 Å². The van der Waals surface area contributed by atoms with Crippen LogP contribution in [0.5, 0.6) is 0 Å². The van der Waals surface area contributed by atoms with Crippen molar-refractivity contribution in [3.8, 4) is 0 Å². The highest BCUT2D eigenvalue weighted by Crippen LogP contribution is 2.29. The summed E-state index contributed by atoms with van der Waals surface area (Å²) < 4.78 is 27.0. The number of nitrogens with zero attached hydrogens (tertiary/aromatic N) is 1. The number of imide groups is 2. The smallest absolute Gasteiger partial charge is 0.308 e. The van der Waals surface area contributed by atoms with Gasteiger partial charge in [0.25, 0.3) is 11.8 Å². The van der Waals surface area contributed by atoms with E-state index < -0.39 is 35.3 Å². The highest BCUT2D eigenvalue weighted by atomic mass is 16.6. The van der Waals surface area contributed by atoms with Crippen molar-refractivity contribution in [2.45, 2.75) is 51.7 Å². The number of nitrogens with one attached hydrogen (secondary N) is 2. The number of carbonyl (C=O) groups is 5. The molecule has 226 valence electrons. The molecule has 1 aromatic carbocycles. The van der Waals surface area contributed by atoms with Crippen LogP contribution in [0.15, 0.2) is 18.2 Å². The van der Waals surface area contributed by atoms with E-state index in [0.717, 1.165) is 4.90 Å². The molecule has 13 nitrogen and oxygen atoms in total. The van der Waals surface area contributed by atoms with Crippen molar-refractivity contribution in [1.82, 2.24) is 10.2 Å². The van der Waals surface area contributed by atoms with Crippen LogP contribution in [0.3, 0.4) is 0 Å². The lowest BCUT2D eigenvalue weighted by atomic mass is 10.0. The number of hydrogen-bond acceptors (Lipinski definition) is 11. The Morgan fingerprint density at radius 2 is 1.46 bits per heavy atom. The summed E-state index contributed by atoms with van der Waals surface area (Å²) in [4.78, 5) is 61.7. The molecule has 2 N–H and O–H groups in total. The molecule has 1 saturated heterocycles. The Bertz CT molecular complexity index is 1100. The molecule has 0 saturated carbocycles. The van der Waals surface area contributed by atoms with Crippen molar-refractivity contribution in [2.24, 2.45) is 0 Å². The van der Waals surface area contributed by atoms with E-state index in [9.17, 15) is 24.0 Å². The lowest BCUT2D eigenvalue weighted by Gasteiger charge is -2.27. The summed E-state index contributed by atoms with van der Waals surface area (Å²) in [5.41, 5.74) is 0.590. The number of anilines is 1. The van der Waals surface area contributed by atoms with E-state index >= 15 is 0 Å². The lowest BCUT2D eigenvalue weighted by molar-refractivity contribution is -0.156. The second-order valence-corrected chi connectivity index (χ2v) is 10.4. The van der Waals surface area contributed by atoms with Gasteiger partial charge in [-0.05, 0) is 45.4 Å². The Labute approximate surface area is 239 Å². The van der Waals surface area contributed by atoms with E-state index in [1.807, 2.05) is 20.8 Å². The van der Waals surface area contributed by atoms with Gasteiger partial charge in [-0.3, -0.25) is 34.2 Å². The quantitative estimate of drug-likeness (QED) is 0.156. The zero-order valence-corrected chi connectivity index (χ0v) is 23.8. The zero-order valence-electron chi connectivity index (χ0n) is 23.8.